The molecule has 3 nitrogen and oxygen atoms in total. The van der Waals surface area contributed by atoms with Gasteiger partial charge in [-0.15, -0.1) is 0 Å². The van der Waals surface area contributed by atoms with Crippen molar-refractivity contribution in [2.24, 2.45) is 0 Å². The molecular formula is C13H16F3NO2. The first kappa shape index (κ1) is 15.5. The molecule has 1 rings (SSSR count). The SMILES string of the molecule is CC(CO)NC(=O)CCc1ccc(C(F)(F)F)cc1. The molecule has 2 N–H and O–H groups in total. The number of rotatable bonds is 5. The molecule has 0 radical (unpaired) electrons. The second-order valence-electron chi connectivity index (χ2n) is 4.35. The normalized spacial score (nSPS) is 13.1. The molecule has 0 aromatic heterocycles. The van der Waals surface area contributed by atoms with Crippen molar-refractivity contribution >= 4 is 5.91 Å². The van der Waals surface area contributed by atoms with Gasteiger partial charge in [0.15, 0.2) is 0 Å². The van der Waals surface area contributed by atoms with E-state index in [4.69, 9.17) is 5.11 Å². The van der Waals surface area contributed by atoms with Crippen molar-refractivity contribution in [3.05, 3.63) is 35.4 Å². The summed E-state index contributed by atoms with van der Waals surface area (Å²) in [5.41, 5.74) is -0.0330. The molecule has 1 amide bonds. The highest BCUT2D eigenvalue weighted by molar-refractivity contribution is 5.76. The second kappa shape index (κ2) is 6.56. The summed E-state index contributed by atoms with van der Waals surface area (Å²) in [7, 11) is 0. The fourth-order valence-electron chi connectivity index (χ4n) is 1.51. The van der Waals surface area contributed by atoms with E-state index in [1.54, 1.807) is 6.92 Å². The van der Waals surface area contributed by atoms with Crippen LogP contribution in [0.25, 0.3) is 0 Å². The van der Waals surface area contributed by atoms with Crippen LogP contribution in [0.2, 0.25) is 0 Å². The Morgan fingerprint density at radius 2 is 1.89 bits per heavy atom. The van der Waals surface area contributed by atoms with Crippen LogP contribution in [-0.4, -0.2) is 23.7 Å². The molecule has 19 heavy (non-hydrogen) atoms. The minimum atomic E-state index is -4.34. The summed E-state index contributed by atoms with van der Waals surface area (Å²) in [6.07, 6.45) is -3.80. The van der Waals surface area contributed by atoms with Gasteiger partial charge in [-0.3, -0.25) is 4.79 Å². The van der Waals surface area contributed by atoms with E-state index >= 15 is 0 Å². The number of aliphatic hydroxyl groups excluding tert-OH is 1. The molecule has 1 atom stereocenters. The van der Waals surface area contributed by atoms with Gasteiger partial charge in [-0.25, -0.2) is 0 Å². The van der Waals surface area contributed by atoms with Crippen molar-refractivity contribution in [3.8, 4) is 0 Å². The predicted octanol–water partition coefficient (Wildman–Crippen LogP) is 2.13. The second-order valence-corrected chi connectivity index (χ2v) is 4.35. The van der Waals surface area contributed by atoms with Gasteiger partial charge >= 0.3 is 6.18 Å². The van der Waals surface area contributed by atoms with E-state index in [-0.39, 0.29) is 25.0 Å². The largest absolute Gasteiger partial charge is 0.416 e. The number of benzene rings is 1. The molecule has 6 heteroatoms. The highest BCUT2D eigenvalue weighted by Gasteiger charge is 2.29. The summed E-state index contributed by atoms with van der Waals surface area (Å²) in [6.45, 7) is 1.52. The van der Waals surface area contributed by atoms with Crippen molar-refractivity contribution in [2.75, 3.05) is 6.61 Å². The van der Waals surface area contributed by atoms with Gasteiger partial charge in [0.05, 0.1) is 12.2 Å². The van der Waals surface area contributed by atoms with Gasteiger partial charge in [0.1, 0.15) is 0 Å². The monoisotopic (exact) mass is 275 g/mol. The van der Waals surface area contributed by atoms with Gasteiger partial charge in [0, 0.05) is 12.5 Å². The van der Waals surface area contributed by atoms with Crippen LogP contribution in [0.5, 0.6) is 0 Å². The number of halogens is 3. The first-order valence-corrected chi connectivity index (χ1v) is 5.89. The molecule has 1 unspecified atom stereocenters. The van der Waals surface area contributed by atoms with E-state index in [1.807, 2.05) is 0 Å². The lowest BCUT2D eigenvalue weighted by Gasteiger charge is -2.11. The molecule has 0 heterocycles. The predicted molar refractivity (Wildman–Crippen MR) is 64.5 cm³/mol. The Labute approximate surface area is 109 Å². The number of aryl methyl sites for hydroxylation is 1. The standard InChI is InChI=1S/C13H16F3NO2/c1-9(8-18)17-12(19)7-4-10-2-5-11(6-3-10)13(14,15)16/h2-3,5-6,9,18H,4,7-8H2,1H3,(H,17,19). The van der Waals surface area contributed by atoms with Gasteiger partial charge in [-0.2, -0.15) is 13.2 Å². The number of hydrogen-bond acceptors (Lipinski definition) is 2. The zero-order chi connectivity index (χ0) is 14.5. The van der Waals surface area contributed by atoms with Crippen molar-refractivity contribution < 1.29 is 23.1 Å². The first-order chi connectivity index (χ1) is 8.82. The van der Waals surface area contributed by atoms with E-state index in [9.17, 15) is 18.0 Å². The average Bonchev–Trinajstić information content (AvgIpc) is 2.35. The number of carbonyl (C=O) groups excluding carboxylic acids is 1. The number of carbonyl (C=O) groups is 1. The summed E-state index contributed by atoms with van der Waals surface area (Å²) >= 11 is 0. The minimum absolute atomic E-state index is 0.147. The molecule has 0 spiro atoms. The Hall–Kier alpha value is -1.56. The Balaban J connectivity index is 2.48. The Bertz CT molecular complexity index is 415. The lowest BCUT2D eigenvalue weighted by Crippen LogP contribution is -2.35. The molecule has 0 aliphatic carbocycles. The highest BCUT2D eigenvalue weighted by Crippen LogP contribution is 2.29. The molecule has 0 saturated heterocycles. The summed E-state index contributed by atoms with van der Waals surface area (Å²) in [5, 5.41) is 11.3. The number of aliphatic hydroxyl groups is 1. The third-order valence-electron chi connectivity index (χ3n) is 2.60. The van der Waals surface area contributed by atoms with Crippen LogP contribution in [0.4, 0.5) is 13.2 Å². The smallest absolute Gasteiger partial charge is 0.394 e. The Morgan fingerprint density at radius 1 is 1.32 bits per heavy atom. The van der Waals surface area contributed by atoms with Crippen LogP contribution in [-0.2, 0) is 17.4 Å². The van der Waals surface area contributed by atoms with Crippen LogP contribution in [0.3, 0.4) is 0 Å². The number of alkyl halides is 3. The number of amides is 1. The fraction of sp³-hybridized carbons (Fsp3) is 0.462. The van der Waals surface area contributed by atoms with Gasteiger partial charge in [-0.1, -0.05) is 12.1 Å². The van der Waals surface area contributed by atoms with Crippen molar-refractivity contribution in [3.63, 3.8) is 0 Å². The fourth-order valence-corrected chi connectivity index (χ4v) is 1.51. The van der Waals surface area contributed by atoms with E-state index < -0.39 is 11.7 Å². The lowest BCUT2D eigenvalue weighted by molar-refractivity contribution is -0.137. The van der Waals surface area contributed by atoms with Gasteiger partial charge < -0.3 is 10.4 Å². The summed E-state index contributed by atoms with van der Waals surface area (Å²) in [6, 6.07) is 4.42. The van der Waals surface area contributed by atoms with Crippen molar-refractivity contribution in [1.29, 1.82) is 0 Å². The first-order valence-electron chi connectivity index (χ1n) is 5.89. The molecule has 1 aromatic carbocycles. The Morgan fingerprint density at radius 3 is 2.37 bits per heavy atom. The van der Waals surface area contributed by atoms with Crippen LogP contribution in [0, 0.1) is 0 Å². The summed E-state index contributed by atoms with van der Waals surface area (Å²) < 4.78 is 37.0. The molecule has 106 valence electrons. The van der Waals surface area contributed by atoms with E-state index in [2.05, 4.69) is 5.32 Å². The molecule has 0 saturated carbocycles. The maximum atomic E-state index is 12.3. The quantitative estimate of drug-likeness (QED) is 0.865. The molecule has 0 aliphatic rings. The van der Waals surface area contributed by atoms with Gasteiger partial charge in [0.25, 0.3) is 0 Å². The van der Waals surface area contributed by atoms with E-state index in [1.165, 1.54) is 12.1 Å². The third kappa shape index (κ3) is 5.30. The van der Waals surface area contributed by atoms with Crippen LogP contribution in [0.15, 0.2) is 24.3 Å². The molecule has 0 bridgehead atoms. The van der Waals surface area contributed by atoms with E-state index in [0.29, 0.717) is 12.0 Å². The highest BCUT2D eigenvalue weighted by atomic mass is 19.4. The van der Waals surface area contributed by atoms with E-state index in [0.717, 1.165) is 12.1 Å². The zero-order valence-corrected chi connectivity index (χ0v) is 10.5. The number of nitrogens with one attached hydrogen (secondary N) is 1. The molecule has 1 aromatic rings. The molecule has 0 aliphatic heterocycles. The minimum Gasteiger partial charge on any atom is -0.394 e. The molecule has 0 fully saturated rings. The van der Waals surface area contributed by atoms with Crippen LogP contribution in [0.1, 0.15) is 24.5 Å². The average molecular weight is 275 g/mol. The number of hydrogen-bond donors (Lipinski definition) is 2. The molecular weight excluding hydrogens is 259 g/mol. The van der Waals surface area contributed by atoms with Gasteiger partial charge in [0.2, 0.25) is 5.91 Å². The van der Waals surface area contributed by atoms with Gasteiger partial charge in [-0.05, 0) is 31.0 Å². The van der Waals surface area contributed by atoms with Crippen LogP contribution >= 0.6 is 0 Å². The zero-order valence-electron chi connectivity index (χ0n) is 10.5. The topological polar surface area (TPSA) is 49.3 Å². The third-order valence-corrected chi connectivity index (χ3v) is 2.60. The Kier molecular flexibility index (Phi) is 5.35. The van der Waals surface area contributed by atoms with Crippen molar-refractivity contribution in [1.82, 2.24) is 5.32 Å². The summed E-state index contributed by atoms with van der Waals surface area (Å²) in [5.74, 6) is -0.235. The van der Waals surface area contributed by atoms with Crippen molar-refractivity contribution in [2.45, 2.75) is 32.0 Å². The maximum absolute atomic E-state index is 12.3. The lowest BCUT2D eigenvalue weighted by atomic mass is 10.1. The summed E-state index contributed by atoms with van der Waals surface area (Å²) in [4.78, 5) is 11.4. The maximum Gasteiger partial charge on any atom is 0.416 e. The van der Waals surface area contributed by atoms with Crippen LogP contribution < -0.4 is 5.32 Å².